The Bertz CT molecular complexity index is 443. The van der Waals surface area contributed by atoms with Crippen molar-refractivity contribution < 1.29 is 8.78 Å². The summed E-state index contributed by atoms with van der Waals surface area (Å²) in [6.45, 7) is 0. The molecule has 0 amide bonds. The van der Waals surface area contributed by atoms with Crippen molar-refractivity contribution in [3.8, 4) is 11.3 Å². The Balaban J connectivity index is 2.53. The van der Waals surface area contributed by atoms with E-state index in [0.29, 0.717) is 5.69 Å². The fourth-order valence-electron chi connectivity index (χ4n) is 1.11. The Morgan fingerprint density at radius 1 is 1.14 bits per heavy atom. The van der Waals surface area contributed by atoms with E-state index in [0.717, 1.165) is 6.07 Å². The standard InChI is InChI=1S/C10H5F2N2/c11-7-3-4-8(9(12)6-7)10-2-1-5-13-14-10/h1-4,6H. The molecule has 0 aliphatic rings. The molecule has 2 nitrogen and oxygen atoms in total. The number of rotatable bonds is 1. The fraction of sp³-hybridized carbons (Fsp3) is 0. The summed E-state index contributed by atoms with van der Waals surface area (Å²) in [5.74, 6) is -1.26. The molecule has 0 saturated heterocycles. The molecule has 0 N–H and O–H groups in total. The normalized spacial score (nSPS) is 10.1. The van der Waals surface area contributed by atoms with Crippen LogP contribution in [0.2, 0.25) is 0 Å². The first kappa shape index (κ1) is 8.74. The molecule has 0 aliphatic heterocycles. The van der Waals surface area contributed by atoms with E-state index < -0.39 is 11.6 Å². The summed E-state index contributed by atoms with van der Waals surface area (Å²) in [4.78, 5) is 0. The van der Waals surface area contributed by atoms with Crippen LogP contribution in [-0.4, -0.2) is 10.2 Å². The van der Waals surface area contributed by atoms with Crippen LogP contribution in [0.5, 0.6) is 0 Å². The number of hydrogen-bond donors (Lipinski definition) is 0. The average molecular weight is 191 g/mol. The third kappa shape index (κ3) is 1.59. The summed E-state index contributed by atoms with van der Waals surface area (Å²) >= 11 is 0. The Morgan fingerprint density at radius 3 is 2.64 bits per heavy atom. The van der Waals surface area contributed by atoms with Gasteiger partial charge in [-0.25, -0.2) is 8.78 Å². The molecule has 2 aromatic rings. The monoisotopic (exact) mass is 191 g/mol. The molecule has 1 heterocycles. The lowest BCUT2D eigenvalue weighted by molar-refractivity contribution is 0.585. The van der Waals surface area contributed by atoms with Crippen molar-refractivity contribution in [3.05, 3.63) is 48.2 Å². The lowest BCUT2D eigenvalue weighted by Crippen LogP contribution is -1.90. The first-order chi connectivity index (χ1) is 6.77. The van der Waals surface area contributed by atoms with E-state index in [1.807, 2.05) is 0 Å². The Labute approximate surface area is 79.2 Å². The van der Waals surface area contributed by atoms with Gasteiger partial charge in [0.05, 0.1) is 5.69 Å². The van der Waals surface area contributed by atoms with Crippen molar-refractivity contribution in [3.63, 3.8) is 0 Å². The van der Waals surface area contributed by atoms with Crippen LogP contribution in [0.25, 0.3) is 11.3 Å². The van der Waals surface area contributed by atoms with E-state index in [4.69, 9.17) is 0 Å². The largest absolute Gasteiger partial charge is 0.207 e. The number of aromatic nitrogens is 2. The van der Waals surface area contributed by atoms with Gasteiger partial charge in [0, 0.05) is 11.6 Å². The van der Waals surface area contributed by atoms with Crippen LogP contribution in [-0.2, 0) is 0 Å². The molecule has 0 aliphatic carbocycles. The minimum atomic E-state index is -0.648. The first-order valence-electron chi connectivity index (χ1n) is 3.92. The molecule has 0 saturated carbocycles. The highest BCUT2D eigenvalue weighted by atomic mass is 19.1. The highest BCUT2D eigenvalue weighted by molar-refractivity contribution is 5.58. The predicted octanol–water partition coefficient (Wildman–Crippen LogP) is 2.22. The van der Waals surface area contributed by atoms with Crippen molar-refractivity contribution in [2.75, 3.05) is 0 Å². The molecule has 0 unspecified atom stereocenters. The second-order valence-electron chi connectivity index (χ2n) is 2.67. The van der Waals surface area contributed by atoms with Crippen LogP contribution < -0.4 is 0 Å². The van der Waals surface area contributed by atoms with Crippen molar-refractivity contribution >= 4 is 0 Å². The molecule has 0 fully saturated rings. The van der Waals surface area contributed by atoms with E-state index in [9.17, 15) is 8.78 Å². The summed E-state index contributed by atoms with van der Waals surface area (Å²) in [5.41, 5.74) is 0.592. The number of benzene rings is 1. The maximum atomic E-state index is 13.2. The lowest BCUT2D eigenvalue weighted by Gasteiger charge is -2.00. The van der Waals surface area contributed by atoms with Gasteiger partial charge in [-0.15, -0.1) is 10.2 Å². The first-order valence-corrected chi connectivity index (χ1v) is 3.92. The fourth-order valence-corrected chi connectivity index (χ4v) is 1.11. The number of nitrogens with zero attached hydrogens (tertiary/aromatic N) is 2. The van der Waals surface area contributed by atoms with E-state index in [1.54, 1.807) is 6.07 Å². The second kappa shape index (κ2) is 3.49. The van der Waals surface area contributed by atoms with Crippen LogP contribution in [0.3, 0.4) is 0 Å². The molecule has 0 atom stereocenters. The molecule has 2 rings (SSSR count). The van der Waals surface area contributed by atoms with Gasteiger partial charge in [0.2, 0.25) is 0 Å². The molecular formula is C10H5F2N2. The predicted molar refractivity (Wildman–Crippen MR) is 46.2 cm³/mol. The van der Waals surface area contributed by atoms with Crippen LogP contribution >= 0.6 is 0 Å². The zero-order valence-electron chi connectivity index (χ0n) is 7.04. The maximum absolute atomic E-state index is 13.2. The molecule has 69 valence electrons. The quantitative estimate of drug-likeness (QED) is 0.690. The summed E-state index contributed by atoms with van der Waals surface area (Å²) in [6.07, 6.45) is 2.48. The molecule has 0 spiro atoms. The van der Waals surface area contributed by atoms with Crippen molar-refractivity contribution in [2.45, 2.75) is 0 Å². The zero-order valence-corrected chi connectivity index (χ0v) is 7.04. The number of hydrogen-bond acceptors (Lipinski definition) is 2. The summed E-state index contributed by atoms with van der Waals surface area (Å²) in [7, 11) is 0. The van der Waals surface area contributed by atoms with Crippen LogP contribution in [0.1, 0.15) is 0 Å². The number of halogens is 2. The molecule has 0 bridgehead atoms. The minimum absolute atomic E-state index is 0.230. The van der Waals surface area contributed by atoms with Gasteiger partial charge >= 0.3 is 0 Å². The Morgan fingerprint density at radius 2 is 2.00 bits per heavy atom. The zero-order chi connectivity index (χ0) is 9.97. The van der Waals surface area contributed by atoms with Gasteiger partial charge in [-0.2, -0.15) is 0 Å². The smallest absolute Gasteiger partial charge is 0.135 e. The molecule has 14 heavy (non-hydrogen) atoms. The van der Waals surface area contributed by atoms with Crippen molar-refractivity contribution in [1.29, 1.82) is 0 Å². The minimum Gasteiger partial charge on any atom is -0.207 e. The third-order valence-corrected chi connectivity index (χ3v) is 1.74. The van der Waals surface area contributed by atoms with E-state index in [2.05, 4.69) is 16.4 Å². The topological polar surface area (TPSA) is 25.8 Å². The summed E-state index contributed by atoms with van der Waals surface area (Å²) in [5, 5.41) is 7.16. The molecule has 4 heteroatoms. The van der Waals surface area contributed by atoms with Crippen molar-refractivity contribution in [2.24, 2.45) is 0 Å². The van der Waals surface area contributed by atoms with Crippen LogP contribution in [0.15, 0.2) is 30.3 Å². The van der Waals surface area contributed by atoms with Crippen LogP contribution in [0.4, 0.5) is 8.78 Å². The third-order valence-electron chi connectivity index (χ3n) is 1.74. The Kier molecular flexibility index (Phi) is 2.18. The van der Waals surface area contributed by atoms with Crippen LogP contribution in [0, 0.1) is 17.8 Å². The van der Waals surface area contributed by atoms with Gasteiger partial charge in [0.25, 0.3) is 0 Å². The van der Waals surface area contributed by atoms with Gasteiger partial charge in [-0.05, 0) is 24.3 Å². The van der Waals surface area contributed by atoms with E-state index >= 15 is 0 Å². The molecule has 1 aromatic carbocycles. The SMILES string of the molecule is Fc1ccc(-c2cc[c]nn2)c(F)c1. The maximum Gasteiger partial charge on any atom is 0.135 e. The second-order valence-corrected chi connectivity index (χ2v) is 2.67. The van der Waals surface area contributed by atoms with E-state index in [-0.39, 0.29) is 5.56 Å². The van der Waals surface area contributed by atoms with Gasteiger partial charge < -0.3 is 0 Å². The molecule has 1 aromatic heterocycles. The van der Waals surface area contributed by atoms with Crippen molar-refractivity contribution in [1.82, 2.24) is 10.2 Å². The molecule has 1 radical (unpaired) electrons. The lowest BCUT2D eigenvalue weighted by atomic mass is 10.1. The van der Waals surface area contributed by atoms with Gasteiger partial charge in [0.15, 0.2) is 0 Å². The van der Waals surface area contributed by atoms with Gasteiger partial charge in [-0.1, -0.05) is 0 Å². The Hall–Kier alpha value is -1.84. The summed E-state index contributed by atoms with van der Waals surface area (Å²) in [6, 6.07) is 6.40. The molecular weight excluding hydrogens is 186 g/mol. The van der Waals surface area contributed by atoms with Gasteiger partial charge in [-0.3, -0.25) is 0 Å². The van der Waals surface area contributed by atoms with E-state index in [1.165, 1.54) is 18.2 Å². The average Bonchev–Trinajstić information content (AvgIpc) is 2.19. The highest BCUT2D eigenvalue weighted by Crippen LogP contribution is 2.20. The summed E-state index contributed by atoms with van der Waals surface area (Å²) < 4.78 is 25.8. The highest BCUT2D eigenvalue weighted by Gasteiger charge is 2.06. The van der Waals surface area contributed by atoms with Gasteiger partial charge in [0.1, 0.15) is 17.8 Å².